The van der Waals surface area contributed by atoms with Crippen LogP contribution in [0.15, 0.2) is 113 Å². The van der Waals surface area contributed by atoms with E-state index in [2.05, 4.69) is 4.74 Å². The molecule has 1 saturated carbocycles. The van der Waals surface area contributed by atoms with Gasteiger partial charge in [-0.15, -0.1) is 13.2 Å². The second-order valence-electron chi connectivity index (χ2n) is 12.8. The summed E-state index contributed by atoms with van der Waals surface area (Å²) in [7, 11) is -3.92. The molecule has 4 aromatic rings. The van der Waals surface area contributed by atoms with Crippen molar-refractivity contribution in [2.45, 2.75) is 77.7 Å². The molecule has 0 N–H and O–H groups in total. The van der Waals surface area contributed by atoms with Crippen molar-refractivity contribution in [3.8, 4) is 11.5 Å². The van der Waals surface area contributed by atoms with Crippen LogP contribution in [0.3, 0.4) is 0 Å². The Balaban J connectivity index is 1.25. The molecule has 6 nitrogen and oxygen atoms in total. The van der Waals surface area contributed by atoms with Gasteiger partial charge in [-0.2, -0.15) is 4.31 Å². The lowest BCUT2D eigenvalue weighted by molar-refractivity contribution is -0.274. The van der Waals surface area contributed by atoms with Crippen LogP contribution in [0.1, 0.15) is 60.8 Å². The molecule has 2 saturated heterocycles. The third kappa shape index (κ3) is 6.83. The van der Waals surface area contributed by atoms with Crippen LogP contribution in [0.5, 0.6) is 11.5 Å². The zero-order valence-electron chi connectivity index (χ0n) is 26.4. The molecule has 0 radical (unpaired) electrons. The summed E-state index contributed by atoms with van der Waals surface area (Å²) in [6.07, 6.45) is -1.73. The lowest BCUT2D eigenvalue weighted by Gasteiger charge is -2.47. The highest BCUT2D eigenvalue weighted by molar-refractivity contribution is 8.00. The van der Waals surface area contributed by atoms with Crippen molar-refractivity contribution in [3.63, 3.8) is 0 Å². The van der Waals surface area contributed by atoms with Crippen LogP contribution in [-0.4, -0.2) is 42.8 Å². The molecule has 4 aromatic carbocycles. The minimum Gasteiger partial charge on any atom is -0.476 e. The Morgan fingerprint density at radius 1 is 0.896 bits per heavy atom. The molecule has 3 aliphatic rings. The van der Waals surface area contributed by atoms with Crippen LogP contribution < -0.4 is 9.47 Å². The summed E-state index contributed by atoms with van der Waals surface area (Å²) >= 11 is 1.60. The maximum Gasteiger partial charge on any atom is 0.573 e. The summed E-state index contributed by atoms with van der Waals surface area (Å²) in [5.74, 6) is -0.229. The van der Waals surface area contributed by atoms with E-state index < -0.39 is 33.0 Å². The number of piperidine rings is 1. The normalized spacial score (nSPS) is 24.0. The number of nitrogens with zero attached hydrogens (tertiary/aromatic N) is 1. The molecule has 7 rings (SSSR count). The van der Waals surface area contributed by atoms with E-state index in [0.717, 1.165) is 28.9 Å². The van der Waals surface area contributed by atoms with E-state index in [0.29, 0.717) is 37.1 Å². The van der Waals surface area contributed by atoms with Crippen molar-refractivity contribution in [1.82, 2.24) is 4.31 Å². The predicted molar refractivity (Wildman–Crippen MR) is 178 cm³/mol. The van der Waals surface area contributed by atoms with E-state index in [1.54, 1.807) is 46.4 Å². The maximum absolute atomic E-state index is 14.2. The average Bonchev–Trinajstić information content (AvgIpc) is 3.69. The van der Waals surface area contributed by atoms with E-state index in [4.69, 9.17) is 9.47 Å². The predicted octanol–water partition coefficient (Wildman–Crippen LogP) is 9.02. The fourth-order valence-electron chi connectivity index (χ4n) is 7.00. The third-order valence-corrected chi connectivity index (χ3v) is 12.6. The molecule has 0 aromatic heterocycles. The van der Waals surface area contributed by atoms with Gasteiger partial charge < -0.3 is 14.2 Å². The van der Waals surface area contributed by atoms with Gasteiger partial charge in [-0.3, -0.25) is 0 Å². The minimum atomic E-state index is -4.86. The Labute approximate surface area is 283 Å². The molecule has 0 amide bonds. The van der Waals surface area contributed by atoms with Gasteiger partial charge in [0.1, 0.15) is 11.5 Å². The highest BCUT2D eigenvalue weighted by Crippen LogP contribution is 2.56. The fraction of sp³-hybridized carbons (Fsp3) is 0.351. The first-order chi connectivity index (χ1) is 23.0. The molecule has 0 unspecified atom stereocenters. The second-order valence-corrected chi connectivity index (χ2v) is 16.1. The van der Waals surface area contributed by atoms with Crippen molar-refractivity contribution in [2.24, 2.45) is 0 Å². The van der Waals surface area contributed by atoms with Gasteiger partial charge in [0.15, 0.2) is 4.93 Å². The van der Waals surface area contributed by atoms with Crippen LogP contribution in [-0.2, 0) is 14.8 Å². The Morgan fingerprint density at radius 3 is 2.25 bits per heavy atom. The first-order valence-electron chi connectivity index (χ1n) is 16.1. The number of ether oxygens (including phenoxy) is 3. The Hall–Kier alpha value is -3.51. The van der Waals surface area contributed by atoms with Crippen molar-refractivity contribution >= 4 is 21.8 Å². The Morgan fingerprint density at radius 2 is 1.58 bits per heavy atom. The summed E-state index contributed by atoms with van der Waals surface area (Å²) in [6.45, 7) is 2.41. The molecule has 2 heterocycles. The van der Waals surface area contributed by atoms with Crippen molar-refractivity contribution in [3.05, 3.63) is 120 Å². The van der Waals surface area contributed by atoms with Crippen LogP contribution in [0.4, 0.5) is 13.2 Å². The SMILES string of the molecule is Cc1ccc(S(=O)(=O)N2CCC[C@@]3(C[C@H](c4cc(OC(F)(F)F)ccc4OC4(Sc5ccccc5)CC4)CO3)[C@@H]2c2ccccc2)cc1. The first kappa shape index (κ1) is 33.0. The number of hydrogen-bond donors (Lipinski definition) is 0. The second kappa shape index (κ2) is 12.7. The van der Waals surface area contributed by atoms with Gasteiger partial charge in [0.25, 0.3) is 0 Å². The van der Waals surface area contributed by atoms with Crippen LogP contribution >= 0.6 is 11.8 Å². The van der Waals surface area contributed by atoms with Crippen LogP contribution in [0, 0.1) is 6.92 Å². The largest absolute Gasteiger partial charge is 0.573 e. The number of thioether (sulfide) groups is 1. The lowest BCUT2D eigenvalue weighted by Crippen LogP contribution is -2.52. The summed E-state index contributed by atoms with van der Waals surface area (Å²) in [5.41, 5.74) is 1.39. The van der Waals surface area contributed by atoms with E-state index in [-0.39, 0.29) is 23.2 Å². The van der Waals surface area contributed by atoms with Crippen molar-refractivity contribution < 1.29 is 35.8 Å². The zero-order chi connectivity index (χ0) is 33.6. The monoisotopic (exact) mass is 695 g/mol. The zero-order valence-corrected chi connectivity index (χ0v) is 28.0. The molecule has 1 spiro atoms. The number of sulfonamides is 1. The molecular formula is C37H36F3NO5S2. The summed E-state index contributed by atoms with van der Waals surface area (Å²) < 4.78 is 87.9. The van der Waals surface area contributed by atoms with Crippen LogP contribution in [0.25, 0.3) is 0 Å². The van der Waals surface area contributed by atoms with E-state index in [1.807, 2.05) is 67.6 Å². The molecule has 0 bridgehead atoms. The average molecular weight is 696 g/mol. The van der Waals surface area contributed by atoms with Gasteiger partial charge in [-0.05, 0) is 74.2 Å². The van der Waals surface area contributed by atoms with Crippen molar-refractivity contribution in [2.75, 3.05) is 13.2 Å². The van der Waals surface area contributed by atoms with Crippen LogP contribution in [0.2, 0.25) is 0 Å². The van der Waals surface area contributed by atoms with Gasteiger partial charge in [0, 0.05) is 35.8 Å². The number of hydrogen-bond acceptors (Lipinski definition) is 6. The van der Waals surface area contributed by atoms with Crippen molar-refractivity contribution in [1.29, 1.82) is 0 Å². The maximum atomic E-state index is 14.2. The molecule has 3 fully saturated rings. The van der Waals surface area contributed by atoms with Gasteiger partial charge in [-0.1, -0.05) is 78.0 Å². The number of aryl methyl sites for hydroxylation is 1. The Kier molecular flexibility index (Phi) is 8.76. The molecular weight excluding hydrogens is 660 g/mol. The van der Waals surface area contributed by atoms with Gasteiger partial charge in [-0.25, -0.2) is 8.42 Å². The summed E-state index contributed by atoms with van der Waals surface area (Å²) in [4.78, 5) is 0.717. The molecule has 3 atom stereocenters. The smallest absolute Gasteiger partial charge is 0.476 e. The molecule has 2 aliphatic heterocycles. The topological polar surface area (TPSA) is 65.1 Å². The van der Waals surface area contributed by atoms with E-state index in [9.17, 15) is 21.6 Å². The molecule has 11 heteroatoms. The number of alkyl halides is 3. The first-order valence-corrected chi connectivity index (χ1v) is 18.3. The quantitative estimate of drug-likeness (QED) is 0.163. The number of benzene rings is 4. The lowest BCUT2D eigenvalue weighted by atomic mass is 9.76. The summed E-state index contributed by atoms with van der Waals surface area (Å²) in [6, 6.07) is 29.8. The summed E-state index contributed by atoms with van der Waals surface area (Å²) in [5, 5.41) is 0. The molecule has 1 aliphatic carbocycles. The van der Waals surface area contributed by atoms with E-state index >= 15 is 0 Å². The molecule has 252 valence electrons. The number of rotatable bonds is 9. The number of halogens is 3. The molecule has 48 heavy (non-hydrogen) atoms. The standard InChI is InChI=1S/C37H36F3NO5S2/c1-26-13-16-31(17-14-26)48(42,43)41-22-8-19-35(34(41)27-9-4-2-5-10-27)24-28(25-44-35)32-23-29(45-37(38,39)40)15-18-33(32)46-36(20-21-36)47-30-11-6-3-7-12-30/h2-7,9-18,23,28,34H,8,19-22,24-25H2,1H3/t28-,34-,35+/m0/s1. The van der Waals surface area contributed by atoms with E-state index in [1.165, 1.54) is 12.1 Å². The van der Waals surface area contributed by atoms with Gasteiger partial charge in [0.05, 0.1) is 23.1 Å². The Bertz CT molecular complexity index is 1850. The minimum absolute atomic E-state index is 0.187. The van der Waals surface area contributed by atoms with Gasteiger partial charge >= 0.3 is 6.36 Å². The highest BCUT2D eigenvalue weighted by atomic mass is 32.2. The third-order valence-electron chi connectivity index (χ3n) is 9.33. The highest BCUT2D eigenvalue weighted by Gasteiger charge is 2.55. The van der Waals surface area contributed by atoms with Gasteiger partial charge in [0.2, 0.25) is 10.0 Å². The fourth-order valence-corrected chi connectivity index (χ4v) is 9.88.